The van der Waals surface area contributed by atoms with Gasteiger partial charge in [-0.3, -0.25) is 4.79 Å². The molecule has 0 atom stereocenters. The fourth-order valence-corrected chi connectivity index (χ4v) is 2.45. The minimum Gasteiger partial charge on any atom is -0.494 e. The summed E-state index contributed by atoms with van der Waals surface area (Å²) in [5.74, 6) is 0.808. The maximum Gasteiger partial charge on any atom is 0.251 e. The maximum atomic E-state index is 11.9. The summed E-state index contributed by atoms with van der Waals surface area (Å²) in [4.78, 5) is 13.5. The zero-order valence-electron chi connectivity index (χ0n) is 11.6. The first-order valence-electron chi connectivity index (χ1n) is 7.14. The van der Waals surface area contributed by atoms with E-state index in [2.05, 4.69) is 5.32 Å². The minimum absolute atomic E-state index is 0.00152. The number of hydrogen-bond donors (Lipinski definition) is 2. The molecular formula is C15H23N2O2+. The molecule has 2 rings (SSSR count). The van der Waals surface area contributed by atoms with Gasteiger partial charge in [-0.05, 0) is 31.2 Å². The predicted molar refractivity (Wildman–Crippen MR) is 74.7 cm³/mol. The number of carbonyl (C=O) groups is 1. The molecule has 1 fully saturated rings. The van der Waals surface area contributed by atoms with Gasteiger partial charge in [-0.25, -0.2) is 0 Å². The standard InChI is InChI=1S/C15H22N2O2/c1-2-19-14-7-5-13(6-8-14)15(18)16-9-12-17-10-3-4-11-17/h5-8H,2-4,9-12H2,1H3,(H,16,18)/p+1. The molecule has 19 heavy (non-hydrogen) atoms. The summed E-state index contributed by atoms with van der Waals surface area (Å²) in [5.41, 5.74) is 0.694. The van der Waals surface area contributed by atoms with Crippen LogP contribution in [0.4, 0.5) is 0 Å². The molecule has 4 heteroatoms. The van der Waals surface area contributed by atoms with Crippen LogP contribution in [0.2, 0.25) is 0 Å². The Morgan fingerprint density at radius 3 is 2.58 bits per heavy atom. The number of carbonyl (C=O) groups excluding carboxylic acids is 1. The third-order valence-corrected chi connectivity index (χ3v) is 3.50. The zero-order valence-corrected chi connectivity index (χ0v) is 11.6. The number of benzene rings is 1. The number of amides is 1. The molecule has 0 spiro atoms. The van der Waals surface area contributed by atoms with Crippen molar-refractivity contribution in [3.8, 4) is 5.75 Å². The molecule has 0 bridgehead atoms. The monoisotopic (exact) mass is 263 g/mol. The lowest BCUT2D eigenvalue weighted by Gasteiger charge is -2.12. The Balaban J connectivity index is 1.75. The SMILES string of the molecule is CCOc1ccc(C(=O)NCC[NH+]2CCCC2)cc1. The number of rotatable bonds is 6. The average Bonchev–Trinajstić information content (AvgIpc) is 2.93. The fraction of sp³-hybridized carbons (Fsp3) is 0.533. The van der Waals surface area contributed by atoms with Gasteiger partial charge < -0.3 is 15.0 Å². The molecule has 0 saturated carbocycles. The summed E-state index contributed by atoms with van der Waals surface area (Å²) in [7, 11) is 0. The van der Waals surface area contributed by atoms with Crippen LogP contribution < -0.4 is 15.0 Å². The molecule has 1 aliphatic rings. The third-order valence-electron chi connectivity index (χ3n) is 3.50. The highest BCUT2D eigenvalue weighted by Gasteiger charge is 2.15. The average molecular weight is 263 g/mol. The molecule has 1 aromatic rings. The van der Waals surface area contributed by atoms with E-state index in [1.165, 1.54) is 25.9 Å². The Labute approximate surface area is 114 Å². The van der Waals surface area contributed by atoms with Gasteiger partial charge in [0.25, 0.3) is 5.91 Å². The van der Waals surface area contributed by atoms with Gasteiger partial charge in [0.1, 0.15) is 5.75 Å². The maximum absolute atomic E-state index is 11.9. The van der Waals surface area contributed by atoms with Crippen molar-refractivity contribution in [1.82, 2.24) is 5.32 Å². The minimum atomic E-state index is 0.00152. The van der Waals surface area contributed by atoms with Crippen molar-refractivity contribution in [1.29, 1.82) is 0 Å². The van der Waals surface area contributed by atoms with E-state index >= 15 is 0 Å². The number of nitrogens with one attached hydrogen (secondary N) is 2. The molecule has 0 radical (unpaired) electrons. The van der Waals surface area contributed by atoms with Crippen molar-refractivity contribution in [2.45, 2.75) is 19.8 Å². The van der Waals surface area contributed by atoms with Gasteiger partial charge in [-0.2, -0.15) is 0 Å². The second-order valence-corrected chi connectivity index (χ2v) is 4.92. The molecule has 1 aliphatic heterocycles. The Bertz CT molecular complexity index is 397. The molecule has 0 unspecified atom stereocenters. The Morgan fingerprint density at radius 2 is 1.95 bits per heavy atom. The first kappa shape index (κ1) is 13.9. The highest BCUT2D eigenvalue weighted by molar-refractivity contribution is 5.94. The second-order valence-electron chi connectivity index (χ2n) is 4.92. The summed E-state index contributed by atoms with van der Waals surface area (Å²) in [5, 5.41) is 2.98. The summed E-state index contributed by atoms with van der Waals surface area (Å²) >= 11 is 0. The van der Waals surface area contributed by atoms with E-state index in [0.29, 0.717) is 12.2 Å². The van der Waals surface area contributed by atoms with Gasteiger partial charge >= 0.3 is 0 Å². The quantitative estimate of drug-likeness (QED) is 0.784. The van der Waals surface area contributed by atoms with Crippen LogP contribution in [0.1, 0.15) is 30.1 Å². The molecule has 1 amide bonds. The van der Waals surface area contributed by atoms with Crippen molar-refractivity contribution >= 4 is 5.91 Å². The van der Waals surface area contributed by atoms with E-state index in [4.69, 9.17) is 4.74 Å². The summed E-state index contributed by atoms with van der Waals surface area (Å²) in [6.45, 7) is 6.87. The lowest BCUT2D eigenvalue weighted by Crippen LogP contribution is -3.10. The van der Waals surface area contributed by atoms with Gasteiger partial charge in [0.05, 0.1) is 32.8 Å². The third kappa shape index (κ3) is 4.24. The molecule has 2 N–H and O–H groups in total. The van der Waals surface area contributed by atoms with Crippen molar-refractivity contribution in [3.05, 3.63) is 29.8 Å². The molecule has 4 nitrogen and oxygen atoms in total. The molecule has 0 aromatic heterocycles. The normalized spacial score (nSPS) is 15.4. The van der Waals surface area contributed by atoms with Gasteiger partial charge in [-0.15, -0.1) is 0 Å². The zero-order chi connectivity index (χ0) is 13.5. The summed E-state index contributed by atoms with van der Waals surface area (Å²) in [6, 6.07) is 7.29. The van der Waals surface area contributed by atoms with Gasteiger partial charge in [0.15, 0.2) is 0 Å². The first-order valence-corrected chi connectivity index (χ1v) is 7.14. The lowest BCUT2D eigenvalue weighted by molar-refractivity contribution is -0.886. The number of ether oxygens (including phenoxy) is 1. The van der Waals surface area contributed by atoms with Crippen molar-refractivity contribution < 1.29 is 14.4 Å². The molecule has 104 valence electrons. The van der Waals surface area contributed by atoms with Crippen LogP contribution in [0.15, 0.2) is 24.3 Å². The van der Waals surface area contributed by atoms with E-state index in [0.717, 1.165) is 18.8 Å². The summed E-state index contributed by atoms with van der Waals surface area (Å²) < 4.78 is 5.35. The van der Waals surface area contributed by atoms with Crippen LogP contribution in [0, 0.1) is 0 Å². The highest BCUT2D eigenvalue weighted by atomic mass is 16.5. The van der Waals surface area contributed by atoms with Crippen LogP contribution in [0.5, 0.6) is 5.75 Å². The number of quaternary nitrogens is 1. The predicted octanol–water partition coefficient (Wildman–Crippen LogP) is 0.494. The van der Waals surface area contributed by atoms with Crippen molar-refractivity contribution in [3.63, 3.8) is 0 Å². The van der Waals surface area contributed by atoms with E-state index in [-0.39, 0.29) is 5.91 Å². The van der Waals surface area contributed by atoms with Crippen LogP contribution in [0.3, 0.4) is 0 Å². The molecule has 1 saturated heterocycles. The van der Waals surface area contributed by atoms with Crippen LogP contribution in [-0.4, -0.2) is 38.7 Å². The molecular weight excluding hydrogens is 240 g/mol. The molecule has 1 heterocycles. The molecule has 1 aromatic carbocycles. The largest absolute Gasteiger partial charge is 0.494 e. The van der Waals surface area contributed by atoms with Gasteiger partial charge in [-0.1, -0.05) is 0 Å². The second kappa shape index (κ2) is 7.14. The Hall–Kier alpha value is -1.55. The number of likely N-dealkylation sites (tertiary alicyclic amines) is 1. The van der Waals surface area contributed by atoms with Crippen molar-refractivity contribution in [2.75, 3.05) is 32.8 Å². The van der Waals surface area contributed by atoms with Crippen LogP contribution >= 0.6 is 0 Å². The van der Waals surface area contributed by atoms with E-state index in [9.17, 15) is 4.79 Å². The lowest BCUT2D eigenvalue weighted by atomic mass is 10.2. The van der Waals surface area contributed by atoms with Gasteiger partial charge in [0.2, 0.25) is 0 Å². The van der Waals surface area contributed by atoms with E-state index in [1.807, 2.05) is 31.2 Å². The van der Waals surface area contributed by atoms with E-state index in [1.54, 1.807) is 4.90 Å². The molecule has 0 aliphatic carbocycles. The van der Waals surface area contributed by atoms with E-state index < -0.39 is 0 Å². The fourth-order valence-electron chi connectivity index (χ4n) is 2.45. The Morgan fingerprint density at radius 1 is 1.26 bits per heavy atom. The summed E-state index contributed by atoms with van der Waals surface area (Å²) in [6.07, 6.45) is 2.64. The van der Waals surface area contributed by atoms with Crippen LogP contribution in [-0.2, 0) is 0 Å². The number of hydrogen-bond acceptors (Lipinski definition) is 2. The van der Waals surface area contributed by atoms with Crippen LogP contribution in [0.25, 0.3) is 0 Å². The highest BCUT2D eigenvalue weighted by Crippen LogP contribution is 2.11. The smallest absolute Gasteiger partial charge is 0.251 e. The van der Waals surface area contributed by atoms with Gasteiger partial charge in [0, 0.05) is 18.4 Å². The van der Waals surface area contributed by atoms with Crippen molar-refractivity contribution in [2.24, 2.45) is 0 Å². The Kier molecular flexibility index (Phi) is 5.21. The topological polar surface area (TPSA) is 42.8 Å². The first-order chi connectivity index (χ1) is 9.29.